The molecular weight excluding hydrogens is 306 g/mol. The minimum absolute atomic E-state index is 0. The maximum atomic E-state index is 11.6. The van der Waals surface area contributed by atoms with E-state index in [2.05, 4.69) is 10.6 Å². The van der Waals surface area contributed by atoms with Crippen LogP contribution in [0.1, 0.15) is 24.8 Å². The van der Waals surface area contributed by atoms with Gasteiger partial charge in [0.1, 0.15) is 5.75 Å². The molecule has 1 aromatic carbocycles. The van der Waals surface area contributed by atoms with Gasteiger partial charge in [-0.2, -0.15) is 0 Å². The average Bonchev–Trinajstić information content (AvgIpc) is 2.47. The maximum Gasteiger partial charge on any atom is 0.239 e. The number of hydrogen-bond donors (Lipinski definition) is 3. The number of carbonyl (C=O) groups excluding carboxylic acids is 2. The molecule has 6 nitrogen and oxygen atoms in total. The lowest BCUT2D eigenvalue weighted by atomic mass is 9.96. The van der Waals surface area contributed by atoms with Gasteiger partial charge in [-0.1, -0.05) is 18.2 Å². The highest BCUT2D eigenvalue weighted by Crippen LogP contribution is 2.27. The molecule has 2 rings (SSSR count). The molecule has 0 atom stereocenters. The molecule has 0 aliphatic heterocycles. The molecule has 1 fully saturated rings. The van der Waals surface area contributed by atoms with Crippen LogP contribution in [0, 0.1) is 0 Å². The van der Waals surface area contributed by atoms with Gasteiger partial charge in [0.05, 0.1) is 19.2 Å². The Morgan fingerprint density at radius 3 is 2.55 bits per heavy atom. The van der Waals surface area contributed by atoms with E-state index >= 15 is 0 Å². The molecule has 1 aromatic rings. The summed E-state index contributed by atoms with van der Waals surface area (Å²) in [6.45, 7) is 0.188. The highest BCUT2D eigenvalue weighted by molar-refractivity contribution is 5.85. The third-order valence-corrected chi connectivity index (χ3v) is 3.43. The van der Waals surface area contributed by atoms with Crippen LogP contribution in [0.5, 0.6) is 5.75 Å². The van der Waals surface area contributed by atoms with Crippen molar-refractivity contribution in [2.75, 3.05) is 13.1 Å². The Bertz CT molecular complexity index is 507. The topological polar surface area (TPSA) is 93.5 Å². The van der Waals surface area contributed by atoms with E-state index in [1.165, 1.54) is 6.42 Å². The second-order valence-corrected chi connectivity index (χ2v) is 5.04. The molecule has 7 heteroatoms. The van der Waals surface area contributed by atoms with Gasteiger partial charge >= 0.3 is 0 Å². The highest BCUT2D eigenvalue weighted by atomic mass is 35.5. The lowest BCUT2D eigenvalue weighted by Crippen LogP contribution is -2.39. The van der Waals surface area contributed by atoms with Crippen LogP contribution in [0.25, 0.3) is 0 Å². The van der Waals surface area contributed by atoms with Crippen molar-refractivity contribution < 1.29 is 14.3 Å². The van der Waals surface area contributed by atoms with E-state index in [1.807, 2.05) is 24.3 Å². The first-order valence-electron chi connectivity index (χ1n) is 7.17. The van der Waals surface area contributed by atoms with E-state index < -0.39 is 0 Å². The van der Waals surface area contributed by atoms with E-state index in [4.69, 9.17) is 10.5 Å². The lowest BCUT2D eigenvalue weighted by molar-refractivity contribution is -0.125. The third-order valence-electron chi connectivity index (χ3n) is 3.43. The zero-order valence-corrected chi connectivity index (χ0v) is 13.2. The van der Waals surface area contributed by atoms with Crippen molar-refractivity contribution in [3.05, 3.63) is 29.8 Å². The second kappa shape index (κ2) is 9.27. The molecule has 122 valence electrons. The van der Waals surface area contributed by atoms with Crippen LogP contribution in [0.15, 0.2) is 24.3 Å². The maximum absolute atomic E-state index is 11.6. The molecule has 0 heterocycles. The summed E-state index contributed by atoms with van der Waals surface area (Å²) in [5.41, 5.74) is 6.08. The Morgan fingerprint density at radius 2 is 1.91 bits per heavy atom. The van der Waals surface area contributed by atoms with E-state index in [1.54, 1.807) is 0 Å². The number of nitrogens with one attached hydrogen (secondary N) is 2. The van der Waals surface area contributed by atoms with Crippen LogP contribution in [0.4, 0.5) is 0 Å². The summed E-state index contributed by atoms with van der Waals surface area (Å²) in [6, 6.07) is 7.66. The normalized spacial score (nSPS) is 13.5. The van der Waals surface area contributed by atoms with E-state index in [9.17, 15) is 9.59 Å². The first-order valence-corrected chi connectivity index (χ1v) is 7.17. The summed E-state index contributed by atoms with van der Waals surface area (Å²) in [5, 5.41) is 5.18. The predicted octanol–water partition coefficient (Wildman–Crippen LogP) is 0.731. The van der Waals surface area contributed by atoms with Crippen LogP contribution in [0.2, 0.25) is 0 Å². The molecule has 0 radical (unpaired) electrons. The van der Waals surface area contributed by atoms with Gasteiger partial charge in [0.25, 0.3) is 0 Å². The van der Waals surface area contributed by atoms with Crippen molar-refractivity contribution in [1.82, 2.24) is 10.6 Å². The summed E-state index contributed by atoms with van der Waals surface area (Å²) < 4.78 is 5.89. The van der Waals surface area contributed by atoms with Gasteiger partial charge in [-0.25, -0.2) is 0 Å². The molecule has 2 amide bonds. The van der Waals surface area contributed by atoms with Crippen molar-refractivity contribution in [3.8, 4) is 5.75 Å². The van der Waals surface area contributed by atoms with Gasteiger partial charge < -0.3 is 21.1 Å². The van der Waals surface area contributed by atoms with Gasteiger partial charge in [-0.05, 0) is 25.3 Å². The minimum Gasteiger partial charge on any atom is -0.490 e. The fourth-order valence-corrected chi connectivity index (χ4v) is 1.94. The van der Waals surface area contributed by atoms with Crippen molar-refractivity contribution in [2.45, 2.75) is 31.9 Å². The SMILES string of the molecule is Cl.NCC(=O)NCC(=O)NCc1ccccc1OC1CCC1. The molecule has 22 heavy (non-hydrogen) atoms. The summed E-state index contributed by atoms with van der Waals surface area (Å²) in [4.78, 5) is 22.6. The Hall–Kier alpha value is -1.79. The van der Waals surface area contributed by atoms with Gasteiger partial charge in [-0.3, -0.25) is 9.59 Å². The highest BCUT2D eigenvalue weighted by Gasteiger charge is 2.20. The van der Waals surface area contributed by atoms with Crippen LogP contribution < -0.4 is 21.1 Å². The van der Waals surface area contributed by atoms with Gasteiger partial charge in [-0.15, -0.1) is 12.4 Å². The van der Waals surface area contributed by atoms with Crippen molar-refractivity contribution in [2.24, 2.45) is 5.73 Å². The summed E-state index contributed by atoms with van der Waals surface area (Å²) in [5.74, 6) is 0.211. The summed E-state index contributed by atoms with van der Waals surface area (Å²) in [7, 11) is 0. The Balaban J connectivity index is 0.00000242. The largest absolute Gasteiger partial charge is 0.490 e. The number of rotatable bonds is 7. The Kier molecular flexibility index (Phi) is 7.70. The van der Waals surface area contributed by atoms with Crippen molar-refractivity contribution >= 4 is 24.2 Å². The van der Waals surface area contributed by atoms with Crippen LogP contribution >= 0.6 is 12.4 Å². The second-order valence-electron chi connectivity index (χ2n) is 5.04. The van der Waals surface area contributed by atoms with E-state index in [0.29, 0.717) is 12.6 Å². The molecular formula is C15H22ClN3O3. The minimum atomic E-state index is -0.348. The third kappa shape index (κ3) is 5.54. The molecule has 1 saturated carbocycles. The van der Waals surface area contributed by atoms with Gasteiger partial charge in [0.15, 0.2) is 0 Å². The number of benzene rings is 1. The molecule has 1 aliphatic carbocycles. The summed E-state index contributed by atoms with van der Waals surface area (Å²) >= 11 is 0. The smallest absolute Gasteiger partial charge is 0.239 e. The molecule has 1 aliphatic rings. The van der Waals surface area contributed by atoms with Crippen LogP contribution in [-0.2, 0) is 16.1 Å². The number of amides is 2. The molecule has 0 spiro atoms. The first-order chi connectivity index (χ1) is 10.2. The van der Waals surface area contributed by atoms with E-state index in [-0.39, 0.29) is 37.3 Å². The average molecular weight is 328 g/mol. The quantitative estimate of drug-likeness (QED) is 0.688. The predicted molar refractivity (Wildman–Crippen MR) is 85.9 cm³/mol. The fourth-order valence-electron chi connectivity index (χ4n) is 1.94. The van der Waals surface area contributed by atoms with Gasteiger partial charge in [0.2, 0.25) is 11.8 Å². The standard InChI is InChI=1S/C15H21N3O3.ClH/c16-8-14(19)18-10-15(20)17-9-11-4-1-2-7-13(11)21-12-5-3-6-12;/h1-2,4,7,12H,3,5-6,8-10,16H2,(H,17,20)(H,18,19);1H. The zero-order chi connectivity index (χ0) is 15.1. The Morgan fingerprint density at radius 1 is 1.18 bits per heavy atom. The van der Waals surface area contributed by atoms with Crippen molar-refractivity contribution in [3.63, 3.8) is 0 Å². The van der Waals surface area contributed by atoms with Crippen LogP contribution in [0.3, 0.4) is 0 Å². The Labute approximate surface area is 136 Å². The number of carbonyl (C=O) groups is 2. The summed E-state index contributed by atoms with van der Waals surface area (Å²) in [6.07, 6.45) is 3.69. The van der Waals surface area contributed by atoms with Crippen molar-refractivity contribution in [1.29, 1.82) is 0 Å². The van der Waals surface area contributed by atoms with E-state index in [0.717, 1.165) is 24.2 Å². The fraction of sp³-hybridized carbons (Fsp3) is 0.467. The number of nitrogens with two attached hydrogens (primary N) is 1. The number of halogens is 1. The monoisotopic (exact) mass is 327 g/mol. The molecule has 4 N–H and O–H groups in total. The molecule has 0 aromatic heterocycles. The zero-order valence-electron chi connectivity index (χ0n) is 12.3. The number of hydrogen-bond acceptors (Lipinski definition) is 4. The molecule has 0 unspecified atom stereocenters. The number of ether oxygens (including phenoxy) is 1. The van der Waals surface area contributed by atoms with Crippen LogP contribution in [-0.4, -0.2) is 31.0 Å². The van der Waals surface area contributed by atoms with Gasteiger partial charge in [0, 0.05) is 12.1 Å². The molecule has 0 bridgehead atoms. The first kappa shape index (κ1) is 18.3. The number of para-hydroxylation sites is 1. The lowest BCUT2D eigenvalue weighted by Gasteiger charge is -2.27. The molecule has 0 saturated heterocycles.